The van der Waals surface area contributed by atoms with E-state index in [9.17, 15) is 4.79 Å². The van der Waals surface area contributed by atoms with Gasteiger partial charge in [-0.05, 0) is 38.1 Å². The second kappa shape index (κ2) is 7.14. The minimum Gasteiger partial charge on any atom is -0.338 e. The quantitative estimate of drug-likeness (QED) is 0.847. The number of thioether (sulfide) groups is 1. The summed E-state index contributed by atoms with van der Waals surface area (Å²) in [4.78, 5) is 15.8. The summed E-state index contributed by atoms with van der Waals surface area (Å²) < 4.78 is 0. The molecule has 1 atom stereocenters. The second-order valence-electron chi connectivity index (χ2n) is 5.63. The van der Waals surface area contributed by atoms with Crippen LogP contribution in [0.5, 0.6) is 0 Å². The van der Waals surface area contributed by atoms with Crippen molar-refractivity contribution < 1.29 is 4.79 Å². The molecule has 1 heterocycles. The predicted octanol–water partition coefficient (Wildman–Crippen LogP) is 2.87. The molecular weight excluding hydrogens is 268 g/mol. The van der Waals surface area contributed by atoms with Gasteiger partial charge >= 0.3 is 0 Å². The summed E-state index contributed by atoms with van der Waals surface area (Å²) in [6.45, 7) is 7.06. The fourth-order valence-corrected chi connectivity index (χ4v) is 3.59. The molecule has 3 nitrogen and oxygen atoms in total. The molecule has 1 aliphatic heterocycles. The maximum atomic E-state index is 12.7. The molecule has 0 saturated carbocycles. The molecule has 4 heteroatoms. The number of nitrogens with one attached hydrogen (secondary N) is 1. The first-order valence-electron chi connectivity index (χ1n) is 7.31. The lowest BCUT2D eigenvalue weighted by molar-refractivity contribution is 0.0784. The summed E-state index contributed by atoms with van der Waals surface area (Å²) in [5.41, 5.74) is 0.858. The monoisotopic (exact) mass is 292 g/mol. The number of carbonyl (C=O) groups excluding carboxylic acids is 1. The fraction of sp³-hybridized carbons (Fsp3) is 0.562. The molecule has 110 valence electrons. The van der Waals surface area contributed by atoms with Crippen LogP contribution in [0.2, 0.25) is 0 Å². The van der Waals surface area contributed by atoms with E-state index in [1.165, 1.54) is 0 Å². The van der Waals surface area contributed by atoms with Crippen molar-refractivity contribution in [1.29, 1.82) is 0 Å². The van der Waals surface area contributed by atoms with Gasteiger partial charge in [-0.2, -0.15) is 0 Å². The number of likely N-dealkylation sites (tertiary alicyclic amines) is 1. The molecule has 1 N–H and O–H groups in total. The number of nitrogens with zero attached hydrogens (tertiary/aromatic N) is 1. The van der Waals surface area contributed by atoms with E-state index in [1.807, 2.05) is 30.1 Å². The first-order valence-corrected chi connectivity index (χ1v) is 8.19. The maximum Gasteiger partial charge on any atom is 0.254 e. The van der Waals surface area contributed by atoms with E-state index in [4.69, 9.17) is 0 Å². The first kappa shape index (κ1) is 15.4. The molecule has 2 rings (SSSR count). The average molecular weight is 292 g/mol. The van der Waals surface area contributed by atoms with Gasteiger partial charge in [0.2, 0.25) is 0 Å². The van der Waals surface area contributed by atoms with E-state index >= 15 is 0 Å². The summed E-state index contributed by atoms with van der Waals surface area (Å²) in [6, 6.07) is 7.98. The molecular formula is C16H24N2OS. The number of benzene rings is 1. The van der Waals surface area contributed by atoms with Crippen LogP contribution >= 0.6 is 11.8 Å². The number of rotatable bonds is 5. The van der Waals surface area contributed by atoms with Crippen molar-refractivity contribution in [2.75, 3.05) is 26.7 Å². The Morgan fingerprint density at radius 3 is 2.90 bits per heavy atom. The third-order valence-corrected chi connectivity index (χ3v) is 4.63. The Bertz CT molecular complexity index is 462. The summed E-state index contributed by atoms with van der Waals surface area (Å²) in [7, 11) is 1.97. The standard InChI is InChI=1S/C16H24N2OS/c1-12(2)20-15-7-5-4-6-14(15)16(19)18-9-8-13(11-18)10-17-3/h4-7,12-13,17H,8-11H2,1-3H3. The topological polar surface area (TPSA) is 32.3 Å². The molecule has 0 aromatic heterocycles. The highest BCUT2D eigenvalue weighted by molar-refractivity contribution is 8.00. The van der Waals surface area contributed by atoms with Crippen LogP contribution in [0.1, 0.15) is 30.6 Å². The van der Waals surface area contributed by atoms with E-state index in [1.54, 1.807) is 11.8 Å². The van der Waals surface area contributed by atoms with Crippen LogP contribution in [0.4, 0.5) is 0 Å². The second-order valence-corrected chi connectivity index (χ2v) is 7.24. The lowest BCUT2D eigenvalue weighted by atomic mass is 10.1. The van der Waals surface area contributed by atoms with Gasteiger partial charge in [0.05, 0.1) is 5.56 Å². The van der Waals surface area contributed by atoms with Crippen LogP contribution in [0, 0.1) is 5.92 Å². The molecule has 1 amide bonds. The van der Waals surface area contributed by atoms with Gasteiger partial charge in [-0.15, -0.1) is 11.8 Å². The predicted molar refractivity (Wildman–Crippen MR) is 85.4 cm³/mol. The summed E-state index contributed by atoms with van der Waals surface area (Å²) in [5, 5.41) is 3.69. The van der Waals surface area contributed by atoms with Crippen LogP contribution in [0.3, 0.4) is 0 Å². The van der Waals surface area contributed by atoms with Crippen molar-refractivity contribution in [1.82, 2.24) is 10.2 Å². The van der Waals surface area contributed by atoms with Crippen LogP contribution in [0.15, 0.2) is 29.2 Å². The van der Waals surface area contributed by atoms with Crippen LogP contribution in [-0.2, 0) is 0 Å². The zero-order chi connectivity index (χ0) is 14.5. The highest BCUT2D eigenvalue weighted by atomic mass is 32.2. The van der Waals surface area contributed by atoms with Crippen molar-refractivity contribution in [2.45, 2.75) is 30.4 Å². The normalized spacial score (nSPS) is 18.8. The van der Waals surface area contributed by atoms with Gasteiger partial charge in [-0.1, -0.05) is 26.0 Å². The lowest BCUT2D eigenvalue weighted by Gasteiger charge is -2.19. The Kier molecular flexibility index (Phi) is 5.49. The van der Waals surface area contributed by atoms with Crippen molar-refractivity contribution in [2.24, 2.45) is 5.92 Å². The Morgan fingerprint density at radius 1 is 1.45 bits per heavy atom. The molecule has 1 saturated heterocycles. The zero-order valence-corrected chi connectivity index (χ0v) is 13.4. The smallest absolute Gasteiger partial charge is 0.254 e. The van der Waals surface area contributed by atoms with Gasteiger partial charge in [0.25, 0.3) is 5.91 Å². The minimum atomic E-state index is 0.187. The van der Waals surface area contributed by atoms with Crippen LogP contribution in [0.25, 0.3) is 0 Å². The largest absolute Gasteiger partial charge is 0.338 e. The molecule has 1 aromatic carbocycles. The van der Waals surface area contributed by atoms with E-state index in [2.05, 4.69) is 25.2 Å². The van der Waals surface area contributed by atoms with Gasteiger partial charge in [0, 0.05) is 23.2 Å². The maximum absolute atomic E-state index is 12.7. The molecule has 0 spiro atoms. The zero-order valence-electron chi connectivity index (χ0n) is 12.6. The highest BCUT2D eigenvalue weighted by Gasteiger charge is 2.27. The molecule has 0 bridgehead atoms. The molecule has 20 heavy (non-hydrogen) atoms. The summed E-state index contributed by atoms with van der Waals surface area (Å²) in [5.74, 6) is 0.779. The Hall–Kier alpha value is -1.00. The number of amides is 1. The molecule has 0 aliphatic carbocycles. The molecule has 0 radical (unpaired) electrons. The van der Waals surface area contributed by atoms with Crippen LogP contribution in [-0.4, -0.2) is 42.7 Å². The molecule has 1 aliphatic rings. The van der Waals surface area contributed by atoms with Gasteiger partial charge in [0.1, 0.15) is 0 Å². The highest BCUT2D eigenvalue weighted by Crippen LogP contribution is 2.28. The van der Waals surface area contributed by atoms with Crippen molar-refractivity contribution in [3.05, 3.63) is 29.8 Å². The van der Waals surface area contributed by atoms with E-state index in [-0.39, 0.29) is 5.91 Å². The number of carbonyl (C=O) groups is 1. The van der Waals surface area contributed by atoms with Gasteiger partial charge in [0.15, 0.2) is 0 Å². The number of hydrogen-bond donors (Lipinski definition) is 1. The Morgan fingerprint density at radius 2 is 2.20 bits per heavy atom. The number of hydrogen-bond acceptors (Lipinski definition) is 3. The molecule has 1 fully saturated rings. The van der Waals surface area contributed by atoms with Gasteiger partial charge < -0.3 is 10.2 Å². The SMILES string of the molecule is CNCC1CCN(C(=O)c2ccccc2SC(C)C)C1. The summed E-state index contributed by atoms with van der Waals surface area (Å²) >= 11 is 1.76. The summed E-state index contributed by atoms with van der Waals surface area (Å²) in [6.07, 6.45) is 1.10. The van der Waals surface area contributed by atoms with E-state index in [0.717, 1.165) is 36.5 Å². The minimum absolute atomic E-state index is 0.187. The van der Waals surface area contributed by atoms with Crippen LogP contribution < -0.4 is 5.32 Å². The third kappa shape index (κ3) is 3.76. The Balaban J connectivity index is 2.10. The van der Waals surface area contributed by atoms with E-state index in [0.29, 0.717) is 11.2 Å². The van der Waals surface area contributed by atoms with Gasteiger partial charge in [-0.25, -0.2) is 0 Å². The van der Waals surface area contributed by atoms with Crippen molar-refractivity contribution in [3.63, 3.8) is 0 Å². The fourth-order valence-electron chi connectivity index (χ4n) is 2.64. The Labute approximate surface area is 126 Å². The average Bonchev–Trinajstić information content (AvgIpc) is 2.87. The lowest BCUT2D eigenvalue weighted by Crippen LogP contribution is -2.30. The molecule has 1 aromatic rings. The van der Waals surface area contributed by atoms with E-state index < -0.39 is 0 Å². The molecule has 1 unspecified atom stereocenters. The van der Waals surface area contributed by atoms with Crippen molar-refractivity contribution >= 4 is 17.7 Å². The van der Waals surface area contributed by atoms with Gasteiger partial charge in [-0.3, -0.25) is 4.79 Å². The first-order chi connectivity index (χ1) is 9.61. The van der Waals surface area contributed by atoms with Crippen molar-refractivity contribution in [3.8, 4) is 0 Å². The third-order valence-electron chi connectivity index (χ3n) is 3.55.